The molecule has 0 bridgehead atoms. The van der Waals surface area contributed by atoms with Crippen molar-refractivity contribution in [3.8, 4) is 0 Å². The minimum Gasteiger partial charge on any atom is -0.384 e. The van der Waals surface area contributed by atoms with E-state index in [-0.39, 0.29) is 11.8 Å². The molecule has 0 saturated carbocycles. The van der Waals surface area contributed by atoms with Crippen molar-refractivity contribution in [2.45, 2.75) is 79.1 Å². The van der Waals surface area contributed by atoms with Crippen LogP contribution < -0.4 is 5.32 Å². The lowest BCUT2D eigenvalue weighted by molar-refractivity contribution is 0.0625. The third-order valence-corrected chi connectivity index (χ3v) is 7.09. The van der Waals surface area contributed by atoms with Gasteiger partial charge in [-0.2, -0.15) is 0 Å². The first kappa shape index (κ1) is 24.3. The Labute approximate surface area is 193 Å². The number of hydrogen-bond acceptors (Lipinski definition) is 3. The summed E-state index contributed by atoms with van der Waals surface area (Å²) < 4.78 is 0. The third-order valence-electron chi connectivity index (χ3n) is 7.09. The van der Waals surface area contributed by atoms with Gasteiger partial charge in [-0.15, -0.1) is 0 Å². The zero-order chi connectivity index (χ0) is 23.1. The molecule has 3 rings (SSSR count). The van der Waals surface area contributed by atoms with Gasteiger partial charge in [-0.05, 0) is 36.1 Å². The van der Waals surface area contributed by atoms with Gasteiger partial charge in [0.2, 0.25) is 0 Å². The fourth-order valence-electron chi connectivity index (χ4n) is 4.83. The molecule has 0 spiro atoms. The molecule has 0 aliphatic carbocycles. The SMILES string of the molecule is CCCCC(CC)CNc1cc2c(c3ccccc13)C(=O)N(CC(CC)CCCC)C2=O. The van der Waals surface area contributed by atoms with E-state index in [1.165, 1.54) is 24.2 Å². The van der Waals surface area contributed by atoms with Gasteiger partial charge in [-0.1, -0.05) is 90.5 Å². The molecular weight excluding hydrogens is 396 g/mol. The molecule has 4 nitrogen and oxygen atoms in total. The maximum Gasteiger partial charge on any atom is 0.262 e. The van der Waals surface area contributed by atoms with Gasteiger partial charge in [0.1, 0.15) is 0 Å². The van der Waals surface area contributed by atoms with E-state index in [1.807, 2.05) is 24.3 Å². The van der Waals surface area contributed by atoms with Crippen LogP contribution >= 0.6 is 0 Å². The third kappa shape index (κ3) is 5.16. The van der Waals surface area contributed by atoms with Crippen molar-refractivity contribution in [3.63, 3.8) is 0 Å². The average molecular weight is 437 g/mol. The van der Waals surface area contributed by atoms with Gasteiger partial charge in [-0.3, -0.25) is 14.5 Å². The monoisotopic (exact) mass is 436 g/mol. The normalized spacial score (nSPS) is 15.3. The molecular formula is C28H40N2O2. The van der Waals surface area contributed by atoms with E-state index in [0.29, 0.717) is 29.5 Å². The molecule has 4 heteroatoms. The van der Waals surface area contributed by atoms with Gasteiger partial charge in [0.25, 0.3) is 11.8 Å². The first-order valence-electron chi connectivity index (χ1n) is 12.7. The Morgan fingerprint density at radius 1 is 0.844 bits per heavy atom. The fraction of sp³-hybridized carbons (Fsp3) is 0.571. The number of carbonyl (C=O) groups is 2. The van der Waals surface area contributed by atoms with Gasteiger partial charge in [0, 0.05) is 24.2 Å². The van der Waals surface area contributed by atoms with E-state index in [1.54, 1.807) is 0 Å². The highest BCUT2D eigenvalue weighted by atomic mass is 16.2. The van der Waals surface area contributed by atoms with E-state index in [2.05, 4.69) is 39.1 Å². The maximum absolute atomic E-state index is 13.4. The number of carbonyl (C=O) groups excluding carboxylic acids is 2. The molecule has 1 N–H and O–H groups in total. The summed E-state index contributed by atoms with van der Waals surface area (Å²) in [7, 11) is 0. The Hall–Kier alpha value is -2.36. The Morgan fingerprint density at radius 3 is 2.09 bits per heavy atom. The second kappa shape index (κ2) is 11.5. The van der Waals surface area contributed by atoms with E-state index in [0.717, 1.165) is 55.1 Å². The molecule has 1 aliphatic rings. The molecule has 2 unspecified atom stereocenters. The van der Waals surface area contributed by atoms with Crippen LogP contribution in [0.5, 0.6) is 0 Å². The van der Waals surface area contributed by atoms with Crippen molar-refractivity contribution < 1.29 is 9.59 Å². The van der Waals surface area contributed by atoms with Crippen LogP contribution in [0.15, 0.2) is 30.3 Å². The highest BCUT2D eigenvalue weighted by Crippen LogP contribution is 2.36. The number of nitrogens with one attached hydrogen (secondary N) is 1. The van der Waals surface area contributed by atoms with E-state index < -0.39 is 0 Å². The van der Waals surface area contributed by atoms with Crippen LogP contribution in [-0.2, 0) is 0 Å². The lowest BCUT2D eigenvalue weighted by atomic mass is 9.97. The summed E-state index contributed by atoms with van der Waals surface area (Å²) in [5.74, 6) is 0.716. The highest BCUT2D eigenvalue weighted by molar-refractivity contribution is 6.27. The lowest BCUT2D eigenvalue weighted by Gasteiger charge is -2.21. The van der Waals surface area contributed by atoms with Gasteiger partial charge in [-0.25, -0.2) is 0 Å². The number of fused-ring (bicyclic) bond motifs is 3. The standard InChI is InChI=1S/C28H40N2O2/c1-5-9-13-20(7-3)18-29-25-17-24-26(23-16-12-11-15-22(23)25)28(32)30(27(24)31)19-21(8-4)14-10-6-2/h11-12,15-17,20-21,29H,5-10,13-14,18-19H2,1-4H3. The Balaban J connectivity index is 1.90. The quantitative estimate of drug-likeness (QED) is 0.336. The molecule has 2 aromatic rings. The molecule has 174 valence electrons. The minimum absolute atomic E-state index is 0.128. The van der Waals surface area contributed by atoms with Crippen molar-refractivity contribution >= 4 is 28.3 Å². The van der Waals surface area contributed by atoms with Gasteiger partial charge in [0.15, 0.2) is 0 Å². The second-order valence-electron chi connectivity index (χ2n) is 9.33. The summed E-state index contributed by atoms with van der Waals surface area (Å²) in [6, 6.07) is 9.93. The predicted molar refractivity (Wildman–Crippen MR) is 134 cm³/mol. The highest BCUT2D eigenvalue weighted by Gasteiger charge is 2.38. The Kier molecular flexibility index (Phi) is 8.72. The topological polar surface area (TPSA) is 49.4 Å². The smallest absolute Gasteiger partial charge is 0.262 e. The molecule has 0 aromatic heterocycles. The molecule has 1 aliphatic heterocycles. The molecule has 32 heavy (non-hydrogen) atoms. The summed E-state index contributed by atoms with van der Waals surface area (Å²) in [5, 5.41) is 5.54. The van der Waals surface area contributed by atoms with Crippen molar-refractivity contribution in [2.75, 3.05) is 18.4 Å². The number of imide groups is 1. The summed E-state index contributed by atoms with van der Waals surface area (Å²) in [6.07, 6.45) is 9.11. The van der Waals surface area contributed by atoms with E-state index in [4.69, 9.17) is 0 Å². The van der Waals surface area contributed by atoms with Crippen LogP contribution in [0.1, 0.15) is 99.8 Å². The van der Waals surface area contributed by atoms with Crippen molar-refractivity contribution in [3.05, 3.63) is 41.5 Å². The van der Waals surface area contributed by atoms with Crippen LogP contribution in [0.3, 0.4) is 0 Å². The number of hydrogen-bond donors (Lipinski definition) is 1. The summed E-state index contributed by atoms with van der Waals surface area (Å²) in [6.45, 7) is 10.2. The molecule has 0 saturated heterocycles. The minimum atomic E-state index is -0.133. The largest absolute Gasteiger partial charge is 0.384 e. The predicted octanol–water partition coefficient (Wildman–Crippen LogP) is 7.28. The molecule has 1 heterocycles. The van der Waals surface area contributed by atoms with Crippen LogP contribution in [0.25, 0.3) is 10.8 Å². The summed E-state index contributed by atoms with van der Waals surface area (Å²) in [5.41, 5.74) is 2.11. The van der Waals surface area contributed by atoms with Crippen molar-refractivity contribution in [1.82, 2.24) is 4.90 Å². The molecule has 0 fully saturated rings. The summed E-state index contributed by atoms with van der Waals surface area (Å²) in [4.78, 5) is 28.2. The molecule has 2 aromatic carbocycles. The summed E-state index contributed by atoms with van der Waals surface area (Å²) >= 11 is 0. The van der Waals surface area contributed by atoms with E-state index in [9.17, 15) is 9.59 Å². The number of rotatable bonds is 13. The molecule has 0 radical (unpaired) electrons. The van der Waals surface area contributed by atoms with Crippen LogP contribution in [0.2, 0.25) is 0 Å². The first-order valence-corrected chi connectivity index (χ1v) is 12.7. The van der Waals surface area contributed by atoms with Gasteiger partial charge in [0.05, 0.1) is 11.1 Å². The van der Waals surface area contributed by atoms with Gasteiger partial charge >= 0.3 is 0 Å². The number of benzene rings is 2. The van der Waals surface area contributed by atoms with Crippen molar-refractivity contribution in [1.29, 1.82) is 0 Å². The van der Waals surface area contributed by atoms with Crippen molar-refractivity contribution in [2.24, 2.45) is 11.8 Å². The molecule has 2 atom stereocenters. The number of nitrogens with zero attached hydrogens (tertiary/aromatic N) is 1. The van der Waals surface area contributed by atoms with E-state index >= 15 is 0 Å². The lowest BCUT2D eigenvalue weighted by Crippen LogP contribution is -2.34. The maximum atomic E-state index is 13.4. The first-order chi connectivity index (χ1) is 15.5. The fourth-order valence-corrected chi connectivity index (χ4v) is 4.83. The number of amides is 2. The zero-order valence-electron chi connectivity index (χ0n) is 20.4. The molecule has 2 amide bonds. The van der Waals surface area contributed by atoms with Crippen LogP contribution in [-0.4, -0.2) is 29.8 Å². The zero-order valence-corrected chi connectivity index (χ0v) is 20.4. The number of anilines is 1. The number of unbranched alkanes of at least 4 members (excludes halogenated alkanes) is 2. The van der Waals surface area contributed by atoms with Crippen LogP contribution in [0.4, 0.5) is 5.69 Å². The second-order valence-corrected chi connectivity index (χ2v) is 9.33. The van der Waals surface area contributed by atoms with Crippen LogP contribution in [0, 0.1) is 11.8 Å². The Bertz CT molecular complexity index is 936. The van der Waals surface area contributed by atoms with Gasteiger partial charge < -0.3 is 5.32 Å². The Morgan fingerprint density at radius 2 is 1.47 bits per heavy atom. The average Bonchev–Trinajstić information content (AvgIpc) is 3.06.